The van der Waals surface area contributed by atoms with Crippen molar-refractivity contribution in [1.29, 1.82) is 0 Å². The Morgan fingerprint density at radius 2 is 2.00 bits per heavy atom. The molecule has 0 saturated carbocycles. The number of rotatable bonds is 4. The Kier molecular flexibility index (Phi) is 5.63. The summed E-state index contributed by atoms with van der Waals surface area (Å²) < 4.78 is 18.6. The SMILES string of the molecule is C[C@H](c1ccccc1)N1CC(CF)C(NC(=O)OC(C)(C)C)C1. The highest BCUT2D eigenvalue weighted by Crippen LogP contribution is 2.28. The van der Waals surface area contributed by atoms with Gasteiger partial charge in [0.25, 0.3) is 0 Å². The van der Waals surface area contributed by atoms with Crippen LogP contribution in [-0.2, 0) is 4.74 Å². The molecule has 0 aromatic heterocycles. The van der Waals surface area contributed by atoms with Crippen LogP contribution in [0.5, 0.6) is 0 Å². The second-order valence-corrected chi connectivity index (χ2v) is 7.21. The van der Waals surface area contributed by atoms with Gasteiger partial charge in [0.2, 0.25) is 0 Å². The summed E-state index contributed by atoms with van der Waals surface area (Å²) in [5.41, 5.74) is 0.647. The summed E-state index contributed by atoms with van der Waals surface area (Å²) in [6.07, 6.45) is -0.477. The standard InChI is InChI=1S/C18H27FN2O2/c1-13(14-8-6-5-7-9-14)21-11-15(10-19)16(12-21)20-17(22)23-18(2,3)4/h5-9,13,15-16H,10-12H2,1-4H3,(H,20,22)/t13-,15?,16?/m1/s1. The highest BCUT2D eigenvalue weighted by molar-refractivity contribution is 5.68. The Morgan fingerprint density at radius 3 is 2.57 bits per heavy atom. The van der Waals surface area contributed by atoms with Gasteiger partial charge < -0.3 is 10.1 Å². The minimum absolute atomic E-state index is 0.190. The summed E-state index contributed by atoms with van der Waals surface area (Å²) in [6.45, 7) is 8.38. The van der Waals surface area contributed by atoms with Gasteiger partial charge in [-0.2, -0.15) is 0 Å². The van der Waals surface area contributed by atoms with E-state index < -0.39 is 18.4 Å². The fraction of sp³-hybridized carbons (Fsp3) is 0.611. The molecule has 3 atom stereocenters. The van der Waals surface area contributed by atoms with E-state index in [-0.39, 0.29) is 18.0 Å². The largest absolute Gasteiger partial charge is 0.444 e. The smallest absolute Gasteiger partial charge is 0.407 e. The maximum atomic E-state index is 13.4. The maximum Gasteiger partial charge on any atom is 0.407 e. The van der Waals surface area contributed by atoms with E-state index in [1.807, 2.05) is 39.0 Å². The van der Waals surface area contributed by atoms with Crippen molar-refractivity contribution in [3.63, 3.8) is 0 Å². The lowest BCUT2D eigenvalue weighted by atomic mass is 10.1. The van der Waals surface area contributed by atoms with Crippen LogP contribution in [0.15, 0.2) is 30.3 Å². The first-order valence-electron chi connectivity index (χ1n) is 8.14. The van der Waals surface area contributed by atoms with E-state index in [1.165, 1.54) is 5.56 Å². The van der Waals surface area contributed by atoms with E-state index in [0.717, 1.165) is 0 Å². The van der Waals surface area contributed by atoms with Crippen LogP contribution in [0.3, 0.4) is 0 Å². The topological polar surface area (TPSA) is 41.6 Å². The fourth-order valence-electron chi connectivity index (χ4n) is 2.94. The molecule has 2 rings (SSSR count). The van der Waals surface area contributed by atoms with Crippen molar-refractivity contribution in [3.8, 4) is 0 Å². The number of alkyl halides is 1. The van der Waals surface area contributed by atoms with Gasteiger partial charge in [-0.15, -0.1) is 0 Å². The Bertz CT molecular complexity index is 516. The molecule has 1 aromatic carbocycles. The molecule has 1 saturated heterocycles. The summed E-state index contributed by atoms with van der Waals surface area (Å²) in [7, 11) is 0. The molecule has 1 heterocycles. The summed E-state index contributed by atoms with van der Waals surface area (Å²) >= 11 is 0. The number of alkyl carbamates (subject to hydrolysis) is 1. The molecule has 1 amide bonds. The molecule has 0 spiro atoms. The van der Waals surface area contributed by atoms with Crippen LogP contribution in [0.1, 0.15) is 39.3 Å². The van der Waals surface area contributed by atoms with Crippen molar-refractivity contribution in [1.82, 2.24) is 10.2 Å². The summed E-state index contributed by atoms with van der Waals surface area (Å²) in [6, 6.07) is 10.1. The Hall–Kier alpha value is -1.62. The minimum Gasteiger partial charge on any atom is -0.444 e. The van der Waals surface area contributed by atoms with Gasteiger partial charge in [-0.25, -0.2) is 4.79 Å². The normalized spacial score (nSPS) is 23.5. The average molecular weight is 322 g/mol. The molecule has 1 N–H and O–H groups in total. The number of ether oxygens (including phenoxy) is 1. The third-order valence-electron chi connectivity index (χ3n) is 4.20. The van der Waals surface area contributed by atoms with Crippen molar-refractivity contribution >= 4 is 6.09 Å². The molecule has 23 heavy (non-hydrogen) atoms. The number of hydrogen-bond acceptors (Lipinski definition) is 3. The number of hydrogen-bond donors (Lipinski definition) is 1. The van der Waals surface area contributed by atoms with Gasteiger partial charge in [-0.1, -0.05) is 30.3 Å². The molecule has 5 heteroatoms. The summed E-state index contributed by atoms with van der Waals surface area (Å²) in [5, 5.41) is 2.83. The Labute approximate surface area is 138 Å². The molecule has 1 aliphatic rings. The second-order valence-electron chi connectivity index (χ2n) is 7.21. The minimum atomic E-state index is -0.551. The molecule has 1 aromatic rings. The first-order chi connectivity index (χ1) is 10.8. The molecular weight excluding hydrogens is 295 g/mol. The van der Waals surface area contributed by atoms with E-state index in [2.05, 4.69) is 29.3 Å². The van der Waals surface area contributed by atoms with Crippen LogP contribution in [-0.4, -0.2) is 42.4 Å². The number of nitrogens with one attached hydrogen (secondary N) is 1. The number of likely N-dealkylation sites (tertiary alicyclic amines) is 1. The van der Waals surface area contributed by atoms with Crippen molar-refractivity contribution in [2.24, 2.45) is 5.92 Å². The molecule has 1 aliphatic heterocycles. The van der Waals surface area contributed by atoms with Crippen molar-refractivity contribution in [3.05, 3.63) is 35.9 Å². The van der Waals surface area contributed by atoms with Crippen LogP contribution < -0.4 is 5.32 Å². The zero-order chi connectivity index (χ0) is 17.0. The Morgan fingerprint density at radius 1 is 1.35 bits per heavy atom. The first kappa shape index (κ1) is 17.7. The lowest BCUT2D eigenvalue weighted by Gasteiger charge is -2.25. The Balaban J connectivity index is 1.98. The highest BCUT2D eigenvalue weighted by atomic mass is 19.1. The predicted molar refractivity (Wildman–Crippen MR) is 89.1 cm³/mol. The third kappa shape index (κ3) is 4.93. The van der Waals surface area contributed by atoms with E-state index in [9.17, 15) is 9.18 Å². The van der Waals surface area contributed by atoms with Crippen molar-refractivity contribution in [2.75, 3.05) is 19.8 Å². The monoisotopic (exact) mass is 322 g/mol. The van der Waals surface area contributed by atoms with Crippen LogP contribution in [0.2, 0.25) is 0 Å². The number of benzene rings is 1. The van der Waals surface area contributed by atoms with E-state index in [0.29, 0.717) is 13.1 Å². The molecule has 2 unspecified atom stereocenters. The first-order valence-corrected chi connectivity index (χ1v) is 8.14. The zero-order valence-corrected chi connectivity index (χ0v) is 14.4. The molecule has 4 nitrogen and oxygen atoms in total. The summed E-state index contributed by atoms with van der Waals surface area (Å²) in [5.74, 6) is -0.200. The number of halogens is 1. The van der Waals surface area contributed by atoms with Crippen LogP contribution in [0, 0.1) is 5.92 Å². The maximum absolute atomic E-state index is 13.4. The van der Waals surface area contributed by atoms with Crippen LogP contribution >= 0.6 is 0 Å². The van der Waals surface area contributed by atoms with E-state index in [1.54, 1.807) is 0 Å². The number of amides is 1. The van der Waals surface area contributed by atoms with Gasteiger partial charge in [0.1, 0.15) is 5.60 Å². The molecule has 0 radical (unpaired) electrons. The molecule has 0 aliphatic carbocycles. The van der Waals surface area contributed by atoms with Crippen LogP contribution in [0.4, 0.5) is 9.18 Å². The highest BCUT2D eigenvalue weighted by Gasteiger charge is 2.36. The third-order valence-corrected chi connectivity index (χ3v) is 4.20. The quantitative estimate of drug-likeness (QED) is 0.922. The van der Waals surface area contributed by atoms with Crippen molar-refractivity contribution < 1.29 is 13.9 Å². The van der Waals surface area contributed by atoms with Crippen molar-refractivity contribution in [2.45, 2.75) is 45.4 Å². The zero-order valence-electron chi connectivity index (χ0n) is 14.4. The van der Waals surface area contributed by atoms with E-state index >= 15 is 0 Å². The molecule has 0 bridgehead atoms. The van der Waals surface area contributed by atoms with Gasteiger partial charge >= 0.3 is 6.09 Å². The lowest BCUT2D eigenvalue weighted by molar-refractivity contribution is 0.0492. The lowest BCUT2D eigenvalue weighted by Crippen LogP contribution is -2.43. The number of carbonyl (C=O) groups excluding carboxylic acids is 1. The second kappa shape index (κ2) is 7.30. The number of nitrogens with zero attached hydrogens (tertiary/aromatic N) is 1. The van der Waals surface area contributed by atoms with Gasteiger partial charge in [0, 0.05) is 25.0 Å². The molecular formula is C18H27FN2O2. The molecule has 1 fully saturated rings. The fourth-order valence-corrected chi connectivity index (χ4v) is 2.94. The molecule has 128 valence electrons. The van der Waals surface area contributed by atoms with Crippen LogP contribution in [0.25, 0.3) is 0 Å². The van der Waals surface area contributed by atoms with Gasteiger partial charge in [0.05, 0.1) is 12.7 Å². The van der Waals surface area contributed by atoms with Gasteiger partial charge in [-0.05, 0) is 33.3 Å². The predicted octanol–water partition coefficient (Wildman–Crippen LogP) is 3.54. The average Bonchev–Trinajstić information content (AvgIpc) is 2.88. The van der Waals surface area contributed by atoms with E-state index in [4.69, 9.17) is 4.74 Å². The number of carbonyl (C=O) groups is 1. The summed E-state index contributed by atoms with van der Waals surface area (Å²) in [4.78, 5) is 14.2. The van der Waals surface area contributed by atoms with Gasteiger partial charge in [0.15, 0.2) is 0 Å². The van der Waals surface area contributed by atoms with Gasteiger partial charge in [-0.3, -0.25) is 9.29 Å².